The molecule has 0 bridgehead atoms. The van der Waals surface area contributed by atoms with E-state index in [4.69, 9.17) is 27.9 Å². The monoisotopic (exact) mass is 442 g/mol. The van der Waals surface area contributed by atoms with Crippen molar-refractivity contribution in [2.24, 2.45) is 0 Å². The van der Waals surface area contributed by atoms with E-state index in [-0.39, 0.29) is 5.82 Å². The van der Waals surface area contributed by atoms with Gasteiger partial charge in [-0.25, -0.2) is 14.8 Å². The van der Waals surface area contributed by atoms with Crippen molar-refractivity contribution in [2.75, 3.05) is 0 Å². The van der Waals surface area contributed by atoms with Crippen molar-refractivity contribution in [2.45, 2.75) is 46.1 Å². The molecule has 0 aliphatic carbocycles. The minimum atomic E-state index is -0.631. The number of ether oxygens (including phenoxy) is 1. The first-order valence-electron chi connectivity index (χ1n) is 9.70. The average molecular weight is 443 g/mol. The molecule has 4 nitrogen and oxygen atoms in total. The highest BCUT2D eigenvalue weighted by atomic mass is 35.5. The Hall–Kier alpha value is -2.43. The number of rotatable bonds is 5. The van der Waals surface area contributed by atoms with Crippen LogP contribution < -0.4 is 0 Å². The number of halogens is 2. The van der Waals surface area contributed by atoms with E-state index in [9.17, 15) is 4.79 Å². The molecule has 0 N–H and O–H groups in total. The molecule has 0 spiro atoms. The number of aromatic nitrogens is 2. The summed E-state index contributed by atoms with van der Waals surface area (Å²) >= 11 is 12.8. The van der Waals surface area contributed by atoms with Crippen LogP contribution in [0.5, 0.6) is 0 Å². The number of aryl methyl sites for hydroxylation is 1. The van der Waals surface area contributed by atoms with Gasteiger partial charge in [-0.2, -0.15) is 0 Å². The SMILES string of the molecule is Cc1nc(C(=O)OC(C)(C)C)nc(Cc2ccccc2Cl)c1Cc1ccccc1Cl. The number of hydrogen-bond acceptors (Lipinski definition) is 4. The van der Waals surface area contributed by atoms with E-state index in [1.165, 1.54) is 0 Å². The first-order chi connectivity index (χ1) is 14.1. The lowest BCUT2D eigenvalue weighted by atomic mass is 9.98. The van der Waals surface area contributed by atoms with Gasteiger partial charge in [-0.3, -0.25) is 0 Å². The number of carbonyl (C=O) groups excluding carboxylic acids is 1. The third-order valence-electron chi connectivity index (χ3n) is 4.52. The quantitative estimate of drug-likeness (QED) is 0.439. The van der Waals surface area contributed by atoms with Gasteiger partial charge < -0.3 is 4.74 Å². The molecule has 156 valence electrons. The molecule has 3 rings (SSSR count). The van der Waals surface area contributed by atoms with Gasteiger partial charge in [0, 0.05) is 28.6 Å². The maximum Gasteiger partial charge on any atom is 0.376 e. The van der Waals surface area contributed by atoms with E-state index in [0.29, 0.717) is 28.6 Å². The number of nitrogens with zero attached hydrogens (tertiary/aromatic N) is 2. The zero-order valence-corrected chi connectivity index (χ0v) is 19.0. The van der Waals surface area contributed by atoms with Gasteiger partial charge in [0.25, 0.3) is 0 Å². The summed E-state index contributed by atoms with van der Waals surface area (Å²) in [5.41, 5.74) is 3.64. The van der Waals surface area contributed by atoms with Gasteiger partial charge in [0.1, 0.15) is 5.60 Å². The molecule has 6 heteroatoms. The Morgan fingerprint density at radius 1 is 0.900 bits per heavy atom. The molecule has 3 aromatic rings. The summed E-state index contributed by atoms with van der Waals surface area (Å²) in [4.78, 5) is 21.7. The summed E-state index contributed by atoms with van der Waals surface area (Å²) in [6, 6.07) is 15.3. The number of hydrogen-bond donors (Lipinski definition) is 0. The van der Waals surface area contributed by atoms with Crippen LogP contribution in [0.1, 0.15) is 59.5 Å². The summed E-state index contributed by atoms with van der Waals surface area (Å²) in [6.45, 7) is 7.31. The van der Waals surface area contributed by atoms with Crippen LogP contribution in [0.3, 0.4) is 0 Å². The normalized spacial score (nSPS) is 11.4. The molecule has 0 amide bonds. The Kier molecular flexibility index (Phi) is 6.79. The first kappa shape index (κ1) is 22.3. The van der Waals surface area contributed by atoms with Crippen LogP contribution in [0.15, 0.2) is 48.5 Å². The van der Waals surface area contributed by atoms with Gasteiger partial charge in [0.2, 0.25) is 5.82 Å². The van der Waals surface area contributed by atoms with Crippen molar-refractivity contribution < 1.29 is 9.53 Å². The van der Waals surface area contributed by atoms with Gasteiger partial charge >= 0.3 is 5.97 Å². The number of esters is 1. The predicted molar refractivity (Wildman–Crippen MR) is 120 cm³/mol. The van der Waals surface area contributed by atoms with Crippen molar-refractivity contribution in [1.29, 1.82) is 0 Å². The fourth-order valence-corrected chi connectivity index (χ4v) is 3.51. The van der Waals surface area contributed by atoms with Crippen LogP contribution in [0.2, 0.25) is 10.0 Å². The van der Waals surface area contributed by atoms with Crippen LogP contribution in [0.4, 0.5) is 0 Å². The maximum atomic E-state index is 12.6. The minimum absolute atomic E-state index is 0.0485. The van der Waals surface area contributed by atoms with Crippen LogP contribution in [-0.2, 0) is 17.6 Å². The van der Waals surface area contributed by atoms with E-state index in [2.05, 4.69) is 9.97 Å². The molecule has 30 heavy (non-hydrogen) atoms. The topological polar surface area (TPSA) is 52.1 Å². The molecule has 0 atom stereocenters. The van der Waals surface area contributed by atoms with E-state index in [1.807, 2.05) is 76.2 Å². The number of benzene rings is 2. The molecule has 2 aromatic carbocycles. The van der Waals surface area contributed by atoms with Crippen LogP contribution in [-0.4, -0.2) is 21.5 Å². The van der Waals surface area contributed by atoms with Gasteiger partial charge in [0.15, 0.2) is 0 Å². The molecule has 1 aromatic heterocycles. The number of carbonyl (C=O) groups is 1. The lowest BCUT2D eigenvalue weighted by Crippen LogP contribution is -2.26. The van der Waals surface area contributed by atoms with Gasteiger partial charge in [0.05, 0.1) is 5.69 Å². The zero-order valence-electron chi connectivity index (χ0n) is 17.5. The Bertz CT molecular complexity index is 1080. The van der Waals surface area contributed by atoms with Crippen LogP contribution in [0, 0.1) is 6.92 Å². The lowest BCUT2D eigenvalue weighted by Gasteiger charge is -2.20. The largest absolute Gasteiger partial charge is 0.454 e. The zero-order chi connectivity index (χ0) is 21.9. The van der Waals surface area contributed by atoms with E-state index >= 15 is 0 Å². The van der Waals surface area contributed by atoms with Crippen molar-refractivity contribution in [3.05, 3.63) is 92.5 Å². The Morgan fingerprint density at radius 3 is 1.97 bits per heavy atom. The molecular weight excluding hydrogens is 419 g/mol. The highest BCUT2D eigenvalue weighted by Gasteiger charge is 2.23. The summed E-state index contributed by atoms with van der Waals surface area (Å²) < 4.78 is 5.47. The molecule has 1 heterocycles. The standard InChI is InChI=1S/C24H24Cl2N2O2/c1-15-18(13-16-9-5-7-11-19(16)25)21(14-17-10-6-8-12-20(17)26)28-22(27-15)23(29)30-24(2,3)4/h5-12H,13-14H2,1-4H3. The second-order valence-corrected chi connectivity index (χ2v) is 8.91. The fraction of sp³-hybridized carbons (Fsp3) is 0.292. The highest BCUT2D eigenvalue weighted by Crippen LogP contribution is 2.26. The molecule has 0 unspecified atom stereocenters. The molecule has 0 saturated carbocycles. The average Bonchev–Trinajstić information content (AvgIpc) is 2.66. The molecule has 0 fully saturated rings. The molecule has 0 radical (unpaired) electrons. The molecular formula is C24H24Cl2N2O2. The van der Waals surface area contributed by atoms with E-state index in [1.54, 1.807) is 0 Å². The minimum Gasteiger partial charge on any atom is -0.454 e. The Balaban J connectivity index is 2.07. The van der Waals surface area contributed by atoms with Crippen LogP contribution in [0.25, 0.3) is 0 Å². The van der Waals surface area contributed by atoms with Crippen LogP contribution >= 0.6 is 23.2 Å². The second kappa shape index (κ2) is 9.15. The smallest absolute Gasteiger partial charge is 0.376 e. The third-order valence-corrected chi connectivity index (χ3v) is 5.26. The van der Waals surface area contributed by atoms with Gasteiger partial charge in [-0.15, -0.1) is 0 Å². The maximum absolute atomic E-state index is 12.6. The van der Waals surface area contributed by atoms with Gasteiger partial charge in [-0.1, -0.05) is 59.6 Å². The van der Waals surface area contributed by atoms with Crippen molar-refractivity contribution >= 4 is 29.2 Å². The first-order valence-corrected chi connectivity index (χ1v) is 10.5. The fourth-order valence-electron chi connectivity index (χ4n) is 3.10. The van der Waals surface area contributed by atoms with Crippen molar-refractivity contribution in [3.8, 4) is 0 Å². The highest BCUT2D eigenvalue weighted by molar-refractivity contribution is 6.31. The Labute approximate surface area is 187 Å². The van der Waals surface area contributed by atoms with Crippen molar-refractivity contribution in [3.63, 3.8) is 0 Å². The van der Waals surface area contributed by atoms with E-state index < -0.39 is 11.6 Å². The summed E-state index contributed by atoms with van der Waals surface area (Å²) in [6.07, 6.45) is 1.03. The van der Waals surface area contributed by atoms with Crippen molar-refractivity contribution in [1.82, 2.24) is 9.97 Å². The third kappa shape index (κ3) is 5.59. The molecule has 0 aliphatic rings. The molecule has 0 aliphatic heterocycles. The lowest BCUT2D eigenvalue weighted by molar-refractivity contribution is 0.00548. The summed E-state index contributed by atoms with van der Waals surface area (Å²) in [7, 11) is 0. The van der Waals surface area contributed by atoms with E-state index in [0.717, 1.165) is 22.4 Å². The summed E-state index contributed by atoms with van der Waals surface area (Å²) in [5.74, 6) is -0.498. The van der Waals surface area contributed by atoms with Gasteiger partial charge in [-0.05, 0) is 56.5 Å². The second-order valence-electron chi connectivity index (χ2n) is 8.10. The Morgan fingerprint density at radius 2 is 1.43 bits per heavy atom. The molecule has 0 saturated heterocycles. The summed E-state index contributed by atoms with van der Waals surface area (Å²) in [5, 5.41) is 1.33. The predicted octanol–water partition coefficient (Wildman–Crippen LogP) is 6.23.